The lowest BCUT2D eigenvalue weighted by Crippen LogP contribution is -2.46. The van der Waals surface area contributed by atoms with Gasteiger partial charge in [0.05, 0.1) is 25.8 Å². The van der Waals surface area contributed by atoms with Crippen LogP contribution in [0.15, 0.2) is 48.6 Å². The van der Waals surface area contributed by atoms with Crippen molar-refractivity contribution >= 4 is 22.7 Å². The first-order valence-corrected chi connectivity index (χ1v) is 15.2. The first-order chi connectivity index (χ1) is 21.3. The number of hydrazine groups is 2. The summed E-state index contributed by atoms with van der Waals surface area (Å²) in [6.07, 6.45) is 5.93. The second-order valence-corrected chi connectivity index (χ2v) is 10.4. The molecule has 0 aliphatic carbocycles. The van der Waals surface area contributed by atoms with E-state index in [2.05, 4.69) is 17.8 Å². The van der Waals surface area contributed by atoms with Gasteiger partial charge >= 0.3 is 0 Å². The van der Waals surface area contributed by atoms with Crippen molar-refractivity contribution in [1.29, 1.82) is 0 Å². The number of methoxy groups -OCH3 is 1. The third-order valence-corrected chi connectivity index (χ3v) is 7.70. The van der Waals surface area contributed by atoms with E-state index in [0.717, 1.165) is 28.6 Å². The van der Waals surface area contributed by atoms with Crippen LogP contribution in [0.1, 0.15) is 75.4 Å². The van der Waals surface area contributed by atoms with Gasteiger partial charge in [0.15, 0.2) is 11.6 Å². The Balaban J connectivity index is 0.00000216. The highest BCUT2D eigenvalue weighted by molar-refractivity contribution is 5.91. The van der Waals surface area contributed by atoms with Crippen molar-refractivity contribution in [3.8, 4) is 11.5 Å². The number of unbranched alkanes of at least 4 members (excludes halogenated alkanes) is 1. The molecule has 11 heteroatoms. The molecule has 1 saturated heterocycles. The van der Waals surface area contributed by atoms with Gasteiger partial charge in [0.1, 0.15) is 11.3 Å². The number of hydrogen-bond donors (Lipinski definition) is 2. The number of amides is 2. The quantitative estimate of drug-likeness (QED) is 0.284. The third kappa shape index (κ3) is 7.16. The molecule has 9 nitrogen and oxygen atoms in total. The standard InChI is InChI=1S/C31H35F2N5O4.C2H6/c1-4-19-7-8-21-20(9-14-26(41-3)31(21)34-19)23-11-16-28(40)38(35-23)17-5-6-18-42-25-13-10-22(29(32)30(25)33)24-12-15-27(39)36-37(24)2;1-2/h7-11,13-14,16,23-24,35H,4-6,12,15,17-18H2,1-3H3,(H,36,39);1-2H3. The average Bonchev–Trinajstić information content (AvgIpc) is 3.04. The van der Waals surface area contributed by atoms with Crippen molar-refractivity contribution < 1.29 is 27.8 Å². The number of benzene rings is 2. The summed E-state index contributed by atoms with van der Waals surface area (Å²) in [4.78, 5) is 28.9. The molecule has 2 unspecified atom stereocenters. The number of carbonyl (C=O) groups excluding carboxylic acids is 2. The first-order valence-electron chi connectivity index (χ1n) is 15.2. The van der Waals surface area contributed by atoms with Gasteiger partial charge in [-0.3, -0.25) is 20.0 Å². The molecular formula is C33H41F2N5O4. The number of carbonyl (C=O) groups is 2. The topological polar surface area (TPSA) is 96.0 Å². The molecule has 2 N–H and O–H groups in total. The molecule has 236 valence electrons. The SMILES string of the molecule is CC.CCc1ccc2c(C3C=CC(=O)N(CCCCOc4ccc(C5CCC(=O)NN5C)c(F)c4F)N3)ccc(OC)c2n1. The maximum Gasteiger partial charge on any atom is 0.260 e. The van der Waals surface area contributed by atoms with Gasteiger partial charge in [-0.1, -0.05) is 45.0 Å². The van der Waals surface area contributed by atoms with Gasteiger partial charge in [0.2, 0.25) is 11.7 Å². The zero-order valence-corrected chi connectivity index (χ0v) is 26.0. The first kappa shape index (κ1) is 32.8. The van der Waals surface area contributed by atoms with Crippen LogP contribution in [-0.4, -0.2) is 54.1 Å². The smallest absolute Gasteiger partial charge is 0.260 e. The van der Waals surface area contributed by atoms with E-state index < -0.39 is 17.7 Å². The highest BCUT2D eigenvalue weighted by Crippen LogP contribution is 2.34. The second kappa shape index (κ2) is 15.1. The predicted octanol–water partition coefficient (Wildman–Crippen LogP) is 5.71. The Morgan fingerprint density at radius 3 is 2.48 bits per heavy atom. The van der Waals surface area contributed by atoms with Crippen LogP contribution in [0.2, 0.25) is 0 Å². The molecule has 44 heavy (non-hydrogen) atoms. The van der Waals surface area contributed by atoms with E-state index >= 15 is 0 Å². The summed E-state index contributed by atoms with van der Waals surface area (Å²) >= 11 is 0. The van der Waals surface area contributed by atoms with Gasteiger partial charge in [-0.2, -0.15) is 4.39 Å². The van der Waals surface area contributed by atoms with Gasteiger partial charge in [0, 0.05) is 42.7 Å². The Labute approximate surface area is 257 Å². The number of fused-ring (bicyclic) bond motifs is 1. The van der Waals surface area contributed by atoms with Crippen LogP contribution in [0.5, 0.6) is 11.5 Å². The van der Waals surface area contributed by atoms with Crippen LogP contribution in [0.4, 0.5) is 8.78 Å². The number of rotatable bonds is 10. The number of halogens is 2. The van der Waals surface area contributed by atoms with E-state index in [4.69, 9.17) is 14.5 Å². The molecule has 1 aromatic heterocycles. The largest absolute Gasteiger partial charge is 0.494 e. The van der Waals surface area contributed by atoms with Crippen LogP contribution in [-0.2, 0) is 16.0 Å². The fraction of sp³-hybridized carbons (Fsp3) is 0.424. The number of aromatic nitrogens is 1. The molecule has 2 aromatic carbocycles. The van der Waals surface area contributed by atoms with E-state index in [1.54, 1.807) is 25.2 Å². The van der Waals surface area contributed by atoms with Gasteiger partial charge < -0.3 is 9.47 Å². The number of aryl methyl sites for hydroxylation is 1. The molecule has 0 saturated carbocycles. The summed E-state index contributed by atoms with van der Waals surface area (Å²) in [5.41, 5.74) is 8.81. The van der Waals surface area contributed by atoms with E-state index in [0.29, 0.717) is 31.6 Å². The summed E-state index contributed by atoms with van der Waals surface area (Å²) in [6.45, 7) is 6.62. The van der Waals surface area contributed by atoms with Gasteiger partial charge in [-0.05, 0) is 49.4 Å². The number of pyridine rings is 1. The number of nitrogens with one attached hydrogen (secondary N) is 2. The summed E-state index contributed by atoms with van der Waals surface area (Å²) in [6, 6.07) is 10.1. The zero-order valence-electron chi connectivity index (χ0n) is 26.0. The molecule has 2 atom stereocenters. The lowest BCUT2D eigenvalue weighted by molar-refractivity contribution is -0.131. The molecular weight excluding hydrogens is 568 g/mol. The van der Waals surface area contributed by atoms with E-state index in [-0.39, 0.29) is 42.2 Å². The summed E-state index contributed by atoms with van der Waals surface area (Å²) in [5, 5.41) is 4.00. The molecule has 0 bridgehead atoms. The van der Waals surface area contributed by atoms with Gasteiger partial charge in [-0.25, -0.2) is 19.8 Å². The molecule has 1 fully saturated rings. The lowest BCUT2D eigenvalue weighted by Gasteiger charge is -2.33. The minimum absolute atomic E-state index is 0.153. The maximum absolute atomic E-state index is 14.9. The molecule has 3 heterocycles. The normalized spacial score (nSPS) is 18.6. The van der Waals surface area contributed by atoms with Gasteiger partial charge in [0.25, 0.3) is 5.91 Å². The van der Waals surface area contributed by atoms with E-state index in [1.165, 1.54) is 17.1 Å². The third-order valence-electron chi connectivity index (χ3n) is 7.70. The number of ether oxygens (including phenoxy) is 2. The average molecular weight is 610 g/mol. The van der Waals surface area contributed by atoms with Crippen LogP contribution in [0, 0.1) is 11.6 Å². The van der Waals surface area contributed by atoms with Crippen molar-refractivity contribution in [2.45, 2.75) is 65.0 Å². The number of nitrogens with zero attached hydrogens (tertiary/aromatic N) is 3. The van der Waals surface area contributed by atoms with Crippen molar-refractivity contribution in [1.82, 2.24) is 25.9 Å². The fourth-order valence-corrected chi connectivity index (χ4v) is 5.40. The highest BCUT2D eigenvalue weighted by Gasteiger charge is 2.29. The van der Waals surface area contributed by atoms with Crippen LogP contribution in [0.3, 0.4) is 0 Å². The molecule has 0 radical (unpaired) electrons. The minimum Gasteiger partial charge on any atom is -0.494 e. The van der Waals surface area contributed by atoms with Crippen LogP contribution < -0.4 is 20.3 Å². The van der Waals surface area contributed by atoms with Crippen molar-refractivity contribution in [2.24, 2.45) is 0 Å². The van der Waals surface area contributed by atoms with Crippen LogP contribution in [0.25, 0.3) is 10.9 Å². The highest BCUT2D eigenvalue weighted by atomic mass is 19.2. The zero-order chi connectivity index (χ0) is 31.8. The monoisotopic (exact) mass is 609 g/mol. The van der Waals surface area contributed by atoms with Crippen LogP contribution >= 0.6 is 0 Å². The fourth-order valence-electron chi connectivity index (χ4n) is 5.40. The number of hydrogen-bond acceptors (Lipinski definition) is 7. The van der Waals surface area contributed by atoms with Crippen molar-refractivity contribution in [3.63, 3.8) is 0 Å². The Kier molecular flexibility index (Phi) is 11.2. The van der Waals surface area contributed by atoms with Gasteiger partial charge in [-0.15, -0.1) is 0 Å². The molecule has 2 aliphatic rings. The summed E-state index contributed by atoms with van der Waals surface area (Å²) < 4.78 is 40.7. The van der Waals surface area contributed by atoms with E-state index in [9.17, 15) is 18.4 Å². The minimum atomic E-state index is -1.05. The second-order valence-electron chi connectivity index (χ2n) is 10.4. The van der Waals surface area contributed by atoms with Crippen molar-refractivity contribution in [2.75, 3.05) is 27.3 Å². The Morgan fingerprint density at radius 1 is 1.00 bits per heavy atom. The Bertz CT molecular complexity index is 1520. The molecule has 0 spiro atoms. The summed E-state index contributed by atoms with van der Waals surface area (Å²) in [7, 11) is 3.25. The van der Waals surface area contributed by atoms with Crippen molar-refractivity contribution in [3.05, 3.63) is 77.0 Å². The molecule has 2 amide bonds. The summed E-state index contributed by atoms with van der Waals surface area (Å²) in [5.74, 6) is -1.82. The molecule has 5 rings (SSSR count). The molecule has 3 aromatic rings. The van der Waals surface area contributed by atoms with E-state index in [1.807, 2.05) is 44.2 Å². The lowest BCUT2D eigenvalue weighted by atomic mass is 9.99. The maximum atomic E-state index is 14.9. The Hall–Kier alpha value is -4.09. The Morgan fingerprint density at radius 2 is 1.75 bits per heavy atom. The predicted molar refractivity (Wildman–Crippen MR) is 165 cm³/mol. The molecule has 2 aliphatic heterocycles.